The molecule has 0 unspecified atom stereocenters. The highest BCUT2D eigenvalue weighted by atomic mass is 32.2. The fourth-order valence-electron chi connectivity index (χ4n) is 2.57. The van der Waals surface area contributed by atoms with Crippen molar-refractivity contribution < 1.29 is 8.42 Å². The largest absolute Gasteiger partial charge is 0.268 e. The van der Waals surface area contributed by atoms with E-state index in [1.807, 2.05) is 6.92 Å². The lowest BCUT2D eigenvalue weighted by molar-refractivity contribution is 0.588. The maximum absolute atomic E-state index is 12.9. The van der Waals surface area contributed by atoms with Crippen molar-refractivity contribution in [3.63, 3.8) is 0 Å². The summed E-state index contributed by atoms with van der Waals surface area (Å²) in [6.45, 7) is 3.64. The van der Waals surface area contributed by atoms with Crippen LogP contribution < -0.4 is 0 Å². The molecule has 0 spiro atoms. The second kappa shape index (κ2) is 5.00. The van der Waals surface area contributed by atoms with Gasteiger partial charge >= 0.3 is 0 Å². The van der Waals surface area contributed by atoms with E-state index >= 15 is 0 Å². The van der Waals surface area contributed by atoms with Crippen LogP contribution in [0.4, 0.5) is 0 Å². The fourth-order valence-corrected chi connectivity index (χ4v) is 4.11. The van der Waals surface area contributed by atoms with E-state index in [4.69, 9.17) is 0 Å². The van der Waals surface area contributed by atoms with Crippen LogP contribution >= 0.6 is 0 Å². The van der Waals surface area contributed by atoms with Crippen molar-refractivity contribution in [1.82, 2.24) is 3.97 Å². The Hall–Kier alpha value is -2.58. The number of aromatic nitrogens is 1. The second-order valence-corrected chi connectivity index (χ2v) is 7.01. The summed E-state index contributed by atoms with van der Waals surface area (Å²) in [4.78, 5) is 0.237. The highest BCUT2D eigenvalue weighted by Gasteiger charge is 2.22. The highest BCUT2D eigenvalue weighted by molar-refractivity contribution is 7.90. The van der Waals surface area contributed by atoms with Crippen LogP contribution in [-0.2, 0) is 10.0 Å². The highest BCUT2D eigenvalue weighted by Crippen LogP contribution is 2.27. The quantitative estimate of drug-likeness (QED) is 0.729. The minimum Gasteiger partial charge on any atom is -0.238 e. The van der Waals surface area contributed by atoms with Gasteiger partial charge in [0.05, 0.1) is 22.0 Å². The van der Waals surface area contributed by atoms with Gasteiger partial charge in [-0.05, 0) is 44.2 Å². The van der Waals surface area contributed by atoms with E-state index in [1.54, 1.807) is 55.5 Å². The molecular weight excluding hydrogens is 296 g/mol. The van der Waals surface area contributed by atoms with Gasteiger partial charge in [0.2, 0.25) is 0 Å². The molecule has 0 saturated heterocycles. The number of fused-ring (bicyclic) bond motifs is 1. The predicted octanol–water partition coefficient (Wildman–Crippen LogP) is 3.37. The number of benzene rings is 2. The molecule has 0 aliphatic carbocycles. The second-order valence-electron chi connectivity index (χ2n) is 5.22. The summed E-state index contributed by atoms with van der Waals surface area (Å²) in [7, 11) is -3.69. The molecule has 0 aliphatic rings. The van der Waals surface area contributed by atoms with Crippen molar-refractivity contribution >= 4 is 20.9 Å². The van der Waals surface area contributed by atoms with Crippen molar-refractivity contribution in [3.05, 3.63) is 65.4 Å². The van der Waals surface area contributed by atoms with Crippen LogP contribution in [0.25, 0.3) is 10.9 Å². The van der Waals surface area contributed by atoms with Gasteiger partial charge in [0.25, 0.3) is 10.0 Å². The van der Waals surface area contributed by atoms with Crippen molar-refractivity contribution in [1.29, 1.82) is 5.26 Å². The number of hydrogen-bond acceptors (Lipinski definition) is 3. The molecule has 1 heterocycles. The molecule has 0 amide bonds. The lowest BCUT2D eigenvalue weighted by Gasteiger charge is -2.10. The van der Waals surface area contributed by atoms with Crippen molar-refractivity contribution in [3.8, 4) is 6.07 Å². The Balaban J connectivity index is 2.33. The number of nitrogens with zero attached hydrogens (tertiary/aromatic N) is 2. The van der Waals surface area contributed by atoms with Gasteiger partial charge in [-0.25, -0.2) is 12.4 Å². The zero-order chi connectivity index (χ0) is 15.9. The standard InChI is InChI=1S/C17H14N2O2S/c1-12-6-8-15(9-7-12)22(20,21)19-13(2)10-16-14(11-18)4-3-5-17(16)19/h3-10H,1-2H3. The number of aryl methyl sites for hydroxylation is 2. The molecular formula is C17H14N2O2S. The van der Waals surface area contributed by atoms with Crippen LogP contribution in [0.1, 0.15) is 16.8 Å². The van der Waals surface area contributed by atoms with Crippen molar-refractivity contribution in [2.24, 2.45) is 0 Å². The molecule has 0 saturated carbocycles. The molecule has 4 nitrogen and oxygen atoms in total. The summed E-state index contributed by atoms with van der Waals surface area (Å²) >= 11 is 0. The minimum atomic E-state index is -3.69. The molecule has 0 radical (unpaired) electrons. The number of hydrogen-bond donors (Lipinski definition) is 0. The van der Waals surface area contributed by atoms with E-state index in [0.717, 1.165) is 5.56 Å². The molecule has 22 heavy (non-hydrogen) atoms. The van der Waals surface area contributed by atoms with Crippen LogP contribution in [0, 0.1) is 25.2 Å². The Morgan fingerprint density at radius 2 is 1.73 bits per heavy atom. The minimum absolute atomic E-state index is 0.237. The van der Waals surface area contributed by atoms with Gasteiger partial charge in [0.1, 0.15) is 0 Å². The third-order valence-electron chi connectivity index (χ3n) is 3.66. The van der Waals surface area contributed by atoms with E-state index in [0.29, 0.717) is 22.2 Å². The van der Waals surface area contributed by atoms with Crippen LogP contribution in [-0.4, -0.2) is 12.4 Å². The van der Waals surface area contributed by atoms with Crippen LogP contribution in [0.5, 0.6) is 0 Å². The SMILES string of the molecule is Cc1ccc(S(=O)(=O)n2c(C)cc3c(C#N)cccc32)cc1. The Kier molecular flexibility index (Phi) is 3.27. The first-order valence-electron chi connectivity index (χ1n) is 6.78. The molecule has 0 fully saturated rings. The molecule has 0 atom stereocenters. The predicted molar refractivity (Wildman–Crippen MR) is 85.2 cm³/mol. The molecule has 3 rings (SSSR count). The first-order valence-corrected chi connectivity index (χ1v) is 8.22. The van der Waals surface area contributed by atoms with Gasteiger partial charge < -0.3 is 0 Å². The molecule has 0 bridgehead atoms. The van der Waals surface area contributed by atoms with Crippen LogP contribution in [0.15, 0.2) is 53.4 Å². The molecule has 2 aromatic carbocycles. The summed E-state index contributed by atoms with van der Waals surface area (Å²) < 4.78 is 27.1. The topological polar surface area (TPSA) is 62.9 Å². The molecule has 110 valence electrons. The molecule has 1 aromatic heterocycles. The van der Waals surface area contributed by atoms with Gasteiger partial charge in [-0.2, -0.15) is 5.26 Å². The van der Waals surface area contributed by atoms with Crippen molar-refractivity contribution in [2.75, 3.05) is 0 Å². The molecule has 5 heteroatoms. The van der Waals surface area contributed by atoms with Gasteiger partial charge in [-0.1, -0.05) is 23.8 Å². The summed E-state index contributed by atoms with van der Waals surface area (Å²) in [5.74, 6) is 0. The first kappa shape index (κ1) is 14.4. The average molecular weight is 310 g/mol. The fraction of sp³-hybridized carbons (Fsp3) is 0.118. The zero-order valence-corrected chi connectivity index (χ0v) is 13.1. The lowest BCUT2D eigenvalue weighted by Crippen LogP contribution is -2.14. The zero-order valence-electron chi connectivity index (χ0n) is 12.2. The van der Waals surface area contributed by atoms with Crippen LogP contribution in [0.2, 0.25) is 0 Å². The van der Waals surface area contributed by atoms with Crippen LogP contribution in [0.3, 0.4) is 0 Å². The van der Waals surface area contributed by atoms with E-state index in [9.17, 15) is 13.7 Å². The average Bonchev–Trinajstić information content (AvgIpc) is 2.84. The van der Waals surface area contributed by atoms with E-state index in [2.05, 4.69) is 6.07 Å². The van der Waals surface area contributed by atoms with Crippen molar-refractivity contribution in [2.45, 2.75) is 18.7 Å². The normalized spacial score (nSPS) is 11.5. The Bertz CT molecular complexity index is 1010. The van der Waals surface area contributed by atoms with Gasteiger partial charge in [0, 0.05) is 11.1 Å². The number of nitriles is 1. The summed E-state index contributed by atoms with van der Waals surface area (Å²) in [5.41, 5.74) is 2.58. The molecule has 0 N–H and O–H groups in total. The Morgan fingerprint density at radius 3 is 2.36 bits per heavy atom. The number of rotatable bonds is 2. The summed E-state index contributed by atoms with van der Waals surface area (Å²) in [5, 5.41) is 9.83. The monoisotopic (exact) mass is 310 g/mol. The van der Waals surface area contributed by atoms with E-state index in [-0.39, 0.29) is 4.90 Å². The third kappa shape index (κ3) is 2.09. The maximum atomic E-state index is 12.9. The summed E-state index contributed by atoms with van der Waals surface area (Å²) in [6.07, 6.45) is 0. The summed E-state index contributed by atoms with van der Waals surface area (Å²) in [6, 6.07) is 15.7. The smallest absolute Gasteiger partial charge is 0.238 e. The third-order valence-corrected chi connectivity index (χ3v) is 5.49. The molecule has 0 aliphatic heterocycles. The maximum Gasteiger partial charge on any atom is 0.268 e. The lowest BCUT2D eigenvalue weighted by atomic mass is 10.1. The molecule has 3 aromatic rings. The van der Waals surface area contributed by atoms with Gasteiger partial charge in [-0.3, -0.25) is 0 Å². The van der Waals surface area contributed by atoms with E-state index < -0.39 is 10.0 Å². The van der Waals surface area contributed by atoms with Gasteiger partial charge in [0.15, 0.2) is 0 Å². The van der Waals surface area contributed by atoms with E-state index in [1.165, 1.54) is 3.97 Å². The first-order chi connectivity index (χ1) is 10.4. The Labute approximate surface area is 129 Å². The Morgan fingerprint density at radius 1 is 1.05 bits per heavy atom. The van der Waals surface area contributed by atoms with Gasteiger partial charge in [-0.15, -0.1) is 0 Å².